The zero-order valence-electron chi connectivity index (χ0n) is 17.3. The second-order valence-corrected chi connectivity index (χ2v) is 7.33. The first-order valence-corrected chi connectivity index (χ1v) is 10.3. The van der Waals surface area contributed by atoms with E-state index in [1.54, 1.807) is 25.1 Å². The molecule has 29 heavy (non-hydrogen) atoms. The van der Waals surface area contributed by atoms with Crippen molar-refractivity contribution in [2.24, 2.45) is 5.92 Å². The van der Waals surface area contributed by atoms with Crippen molar-refractivity contribution in [3.8, 4) is 11.5 Å². The Bertz CT molecular complexity index is 837. The smallest absolute Gasteiger partial charge is 0.314 e. The molecule has 1 aliphatic rings. The number of hydrogen-bond donors (Lipinski definition) is 0. The fourth-order valence-corrected chi connectivity index (χ4v) is 3.35. The van der Waals surface area contributed by atoms with Crippen LogP contribution in [0.2, 0.25) is 5.02 Å². The normalized spacial score (nSPS) is 15.1. The van der Waals surface area contributed by atoms with Gasteiger partial charge in [0.15, 0.2) is 11.6 Å². The van der Waals surface area contributed by atoms with Gasteiger partial charge in [0, 0.05) is 0 Å². The molecule has 1 aliphatic heterocycles. The van der Waals surface area contributed by atoms with Crippen molar-refractivity contribution in [1.82, 2.24) is 0 Å². The third-order valence-electron chi connectivity index (χ3n) is 4.81. The molecule has 2 aromatic carbocycles. The summed E-state index contributed by atoms with van der Waals surface area (Å²) in [5.74, 6) is -0.639. The van der Waals surface area contributed by atoms with Crippen molar-refractivity contribution in [2.45, 2.75) is 53.4 Å². The Labute approximate surface area is 176 Å². The van der Waals surface area contributed by atoms with E-state index in [2.05, 4.69) is 0 Å². The topological polar surface area (TPSA) is 35.5 Å². The maximum absolute atomic E-state index is 13.6. The van der Waals surface area contributed by atoms with Gasteiger partial charge in [-0.2, -0.15) is 0 Å². The Balaban J connectivity index is 0.000000208. The lowest BCUT2D eigenvalue weighted by Crippen LogP contribution is -2.27. The third-order valence-corrected chi connectivity index (χ3v) is 5.17. The van der Waals surface area contributed by atoms with Crippen LogP contribution >= 0.6 is 11.6 Å². The second-order valence-electron chi connectivity index (χ2n) is 6.95. The lowest BCUT2D eigenvalue weighted by Gasteiger charge is -2.23. The summed E-state index contributed by atoms with van der Waals surface area (Å²) in [5.41, 5.74) is 1.96. The first kappa shape index (κ1) is 23.1. The highest BCUT2D eigenvalue weighted by atomic mass is 35.5. The summed E-state index contributed by atoms with van der Waals surface area (Å²) in [5, 5.41) is 0.0952. The molecule has 2 aromatic rings. The first-order chi connectivity index (χ1) is 13.8. The van der Waals surface area contributed by atoms with Gasteiger partial charge < -0.3 is 9.47 Å². The maximum Gasteiger partial charge on any atom is 0.314 e. The summed E-state index contributed by atoms with van der Waals surface area (Å²) in [6.45, 7) is 7.93. The zero-order chi connectivity index (χ0) is 21.6. The maximum atomic E-state index is 13.6. The highest BCUT2D eigenvalue weighted by Crippen LogP contribution is 2.33. The van der Waals surface area contributed by atoms with Crippen molar-refractivity contribution in [3.05, 3.63) is 57.6 Å². The number of hydrogen-bond acceptors (Lipinski definition) is 3. The molecule has 0 aliphatic carbocycles. The summed E-state index contributed by atoms with van der Waals surface area (Å²) < 4.78 is 37.4. The Kier molecular flexibility index (Phi) is 8.45. The molecule has 0 spiro atoms. The molecule has 158 valence electrons. The van der Waals surface area contributed by atoms with E-state index in [9.17, 15) is 13.6 Å². The lowest BCUT2D eigenvalue weighted by molar-refractivity contribution is -0.140. The summed E-state index contributed by atoms with van der Waals surface area (Å²) >= 11 is 5.81. The van der Waals surface area contributed by atoms with Crippen LogP contribution < -0.4 is 9.47 Å². The molecular weight excluding hydrogens is 398 g/mol. The number of halogens is 3. The fourth-order valence-electron chi connectivity index (χ4n) is 3.11. The van der Waals surface area contributed by atoms with E-state index in [4.69, 9.17) is 21.1 Å². The Hall–Kier alpha value is -2.14. The summed E-state index contributed by atoms with van der Waals surface area (Å²) in [7, 11) is 0. The largest absolute Gasteiger partial charge is 0.492 e. The molecule has 0 saturated carbocycles. The second kappa shape index (κ2) is 10.6. The Morgan fingerprint density at radius 1 is 1.14 bits per heavy atom. The molecule has 1 heterocycles. The predicted molar refractivity (Wildman–Crippen MR) is 111 cm³/mol. The predicted octanol–water partition coefficient (Wildman–Crippen LogP) is 6.45. The van der Waals surface area contributed by atoms with Crippen LogP contribution in [0.1, 0.15) is 50.3 Å². The highest BCUT2D eigenvalue weighted by molar-refractivity contribution is 6.32. The lowest BCUT2D eigenvalue weighted by atomic mass is 9.93. The van der Waals surface area contributed by atoms with Crippen LogP contribution in [-0.2, 0) is 17.6 Å². The minimum Gasteiger partial charge on any atom is -0.492 e. The molecule has 0 amide bonds. The van der Waals surface area contributed by atoms with Crippen molar-refractivity contribution < 1.29 is 23.0 Å². The van der Waals surface area contributed by atoms with E-state index in [-0.39, 0.29) is 28.5 Å². The van der Waals surface area contributed by atoms with Gasteiger partial charge in [-0.15, -0.1) is 0 Å². The van der Waals surface area contributed by atoms with Crippen molar-refractivity contribution in [1.29, 1.82) is 0 Å². The van der Waals surface area contributed by atoms with Crippen molar-refractivity contribution in [3.63, 3.8) is 0 Å². The molecule has 0 saturated heterocycles. The van der Waals surface area contributed by atoms with E-state index in [1.807, 2.05) is 26.8 Å². The minimum absolute atomic E-state index is 0.0952. The number of aryl methyl sites for hydroxylation is 2. The standard InChI is InChI=1S/C12H13FO2.C11H14ClFO/c1-3-8-6-9-5-4-7(2)10(13)11(9)15-12(8)14;1-3-5-8-6-7-9(14-4-2)10(12)11(8)13/h4-5,8H,3,6H2,1-2H3;6-7H,3-5H2,1-2H3. The van der Waals surface area contributed by atoms with Gasteiger partial charge >= 0.3 is 5.97 Å². The zero-order valence-corrected chi connectivity index (χ0v) is 18.0. The molecule has 1 unspecified atom stereocenters. The van der Waals surface area contributed by atoms with Crippen LogP contribution in [0.15, 0.2) is 24.3 Å². The van der Waals surface area contributed by atoms with E-state index in [1.165, 1.54) is 0 Å². The molecule has 3 nitrogen and oxygen atoms in total. The summed E-state index contributed by atoms with van der Waals surface area (Å²) in [4.78, 5) is 11.5. The number of esters is 1. The number of ether oxygens (including phenoxy) is 2. The van der Waals surface area contributed by atoms with Crippen LogP contribution in [0.5, 0.6) is 11.5 Å². The van der Waals surface area contributed by atoms with Gasteiger partial charge in [-0.1, -0.05) is 50.1 Å². The van der Waals surface area contributed by atoms with Gasteiger partial charge in [-0.05, 0) is 55.9 Å². The first-order valence-electron chi connectivity index (χ1n) is 9.93. The van der Waals surface area contributed by atoms with Gasteiger partial charge in [0.2, 0.25) is 0 Å². The van der Waals surface area contributed by atoms with Crippen LogP contribution in [0.3, 0.4) is 0 Å². The Morgan fingerprint density at radius 3 is 2.48 bits per heavy atom. The molecule has 0 fully saturated rings. The number of benzene rings is 2. The molecule has 0 N–H and O–H groups in total. The van der Waals surface area contributed by atoms with Gasteiger partial charge in [0.05, 0.1) is 12.5 Å². The molecular formula is C23H27ClF2O3. The van der Waals surface area contributed by atoms with Crippen molar-refractivity contribution in [2.75, 3.05) is 6.61 Å². The van der Waals surface area contributed by atoms with Crippen LogP contribution in [0, 0.1) is 24.5 Å². The van der Waals surface area contributed by atoms with E-state index >= 15 is 0 Å². The van der Waals surface area contributed by atoms with Gasteiger partial charge in [0.25, 0.3) is 0 Å². The van der Waals surface area contributed by atoms with Gasteiger partial charge in [-0.25, -0.2) is 8.78 Å². The quantitative estimate of drug-likeness (QED) is 0.408. The molecule has 0 aromatic heterocycles. The third kappa shape index (κ3) is 5.47. The molecule has 6 heteroatoms. The number of carbonyl (C=O) groups excluding carboxylic acids is 1. The van der Waals surface area contributed by atoms with Crippen LogP contribution in [0.25, 0.3) is 0 Å². The summed E-state index contributed by atoms with van der Waals surface area (Å²) in [6.07, 6.45) is 2.93. The monoisotopic (exact) mass is 424 g/mol. The molecule has 3 rings (SSSR count). The number of fused-ring (bicyclic) bond motifs is 1. The average molecular weight is 425 g/mol. The Morgan fingerprint density at radius 2 is 1.86 bits per heavy atom. The van der Waals surface area contributed by atoms with Crippen LogP contribution in [-0.4, -0.2) is 12.6 Å². The minimum atomic E-state index is -0.407. The highest BCUT2D eigenvalue weighted by Gasteiger charge is 2.29. The summed E-state index contributed by atoms with van der Waals surface area (Å²) in [6, 6.07) is 7.01. The van der Waals surface area contributed by atoms with Gasteiger partial charge in [-0.3, -0.25) is 4.79 Å². The van der Waals surface area contributed by atoms with Crippen LogP contribution in [0.4, 0.5) is 8.78 Å². The van der Waals surface area contributed by atoms with E-state index in [0.717, 1.165) is 18.4 Å². The van der Waals surface area contributed by atoms with E-state index < -0.39 is 5.82 Å². The average Bonchev–Trinajstić information content (AvgIpc) is 2.71. The molecule has 0 radical (unpaired) electrons. The van der Waals surface area contributed by atoms with Crippen molar-refractivity contribution >= 4 is 17.6 Å². The number of carbonyl (C=O) groups is 1. The molecule has 0 bridgehead atoms. The fraction of sp³-hybridized carbons (Fsp3) is 0.435. The SMILES string of the molecule is CCC1Cc2ccc(C)c(F)c2OC1=O.CCCc1ccc(OCC)c(Cl)c1F. The van der Waals surface area contributed by atoms with E-state index in [0.29, 0.717) is 36.3 Å². The molecule has 1 atom stereocenters. The van der Waals surface area contributed by atoms with Gasteiger partial charge in [0.1, 0.15) is 16.6 Å². The number of rotatable bonds is 5.